The van der Waals surface area contributed by atoms with Crippen LogP contribution in [-0.2, 0) is 32.7 Å². The third kappa shape index (κ3) is 4.26. The molecule has 3 rings (SSSR count). The van der Waals surface area contributed by atoms with Crippen LogP contribution < -0.4 is 9.47 Å². The highest BCUT2D eigenvalue weighted by molar-refractivity contribution is 7.89. The molecule has 0 atom stereocenters. The lowest BCUT2D eigenvalue weighted by Crippen LogP contribution is -2.26. The molecule has 0 spiro atoms. The zero-order valence-corrected chi connectivity index (χ0v) is 14.2. The number of rotatable bonds is 6. The van der Waals surface area contributed by atoms with Gasteiger partial charge in [0.2, 0.25) is 0 Å². The van der Waals surface area contributed by atoms with Crippen molar-refractivity contribution in [3.63, 3.8) is 0 Å². The van der Waals surface area contributed by atoms with Gasteiger partial charge in [-0.15, -0.1) is 8.78 Å². The quantitative estimate of drug-likeness (QED) is 0.781. The molecule has 0 radical (unpaired) electrons. The van der Waals surface area contributed by atoms with Crippen molar-refractivity contribution >= 4 is 9.84 Å². The summed E-state index contributed by atoms with van der Waals surface area (Å²) < 4.78 is 65.0. The van der Waals surface area contributed by atoms with Crippen molar-refractivity contribution in [2.45, 2.75) is 24.4 Å². The van der Waals surface area contributed by atoms with E-state index in [9.17, 15) is 17.2 Å². The smallest absolute Gasteiger partial charge is 0.395 e. The van der Waals surface area contributed by atoms with Crippen molar-refractivity contribution in [1.29, 1.82) is 0 Å². The number of fused-ring (bicyclic) bond motifs is 1. The predicted molar refractivity (Wildman–Crippen MR) is 86.1 cm³/mol. The van der Waals surface area contributed by atoms with E-state index in [1.807, 2.05) is 0 Å². The summed E-state index contributed by atoms with van der Waals surface area (Å²) in [5, 5.41) is 0. The summed E-state index contributed by atoms with van der Waals surface area (Å²) in [5.41, 5.74) is 1.68. The number of alkyl halides is 2. The molecule has 1 aliphatic heterocycles. The third-order valence-corrected chi connectivity index (χ3v) is 5.13. The number of para-hydroxylation sites is 1. The number of hydrogen-bond donors (Lipinski definition) is 0. The average Bonchev–Trinajstić information content (AvgIpc) is 2.84. The first-order chi connectivity index (χ1) is 11.8. The van der Waals surface area contributed by atoms with Gasteiger partial charge in [0, 0.05) is 12.7 Å². The Balaban J connectivity index is 1.76. The summed E-state index contributed by atoms with van der Waals surface area (Å²) in [6, 6.07) is 11.2. The number of benzene rings is 2. The molecule has 0 bridgehead atoms. The first-order valence-electron chi connectivity index (χ1n) is 7.43. The van der Waals surface area contributed by atoms with Crippen molar-refractivity contribution in [3.05, 3.63) is 59.2 Å². The molecule has 0 saturated carbocycles. The molecule has 0 N–H and O–H groups in total. The van der Waals surface area contributed by atoms with Crippen LogP contribution in [0.1, 0.15) is 16.7 Å². The Morgan fingerprint density at radius 3 is 2.36 bits per heavy atom. The molecule has 5 nitrogen and oxygen atoms in total. The third-order valence-electron chi connectivity index (χ3n) is 3.61. The van der Waals surface area contributed by atoms with E-state index in [0.717, 1.165) is 5.56 Å². The van der Waals surface area contributed by atoms with Crippen molar-refractivity contribution in [1.82, 2.24) is 0 Å². The van der Waals surface area contributed by atoms with E-state index in [2.05, 4.69) is 9.47 Å². The van der Waals surface area contributed by atoms with Crippen molar-refractivity contribution in [2.24, 2.45) is 0 Å². The van der Waals surface area contributed by atoms with E-state index < -0.39 is 21.9 Å². The zero-order chi connectivity index (χ0) is 18.1. The topological polar surface area (TPSA) is 61.8 Å². The average molecular weight is 370 g/mol. The summed E-state index contributed by atoms with van der Waals surface area (Å²) in [4.78, 5) is 0. The van der Waals surface area contributed by atoms with Gasteiger partial charge in [0.15, 0.2) is 21.3 Å². The fourth-order valence-corrected chi connectivity index (χ4v) is 4.08. The lowest BCUT2D eigenvalue weighted by atomic mass is 10.2. The Morgan fingerprint density at radius 2 is 1.68 bits per heavy atom. The maximum absolute atomic E-state index is 13.2. The van der Waals surface area contributed by atoms with E-state index in [4.69, 9.17) is 4.74 Å². The Kier molecular flexibility index (Phi) is 4.66. The highest BCUT2D eigenvalue weighted by atomic mass is 32.2. The van der Waals surface area contributed by atoms with Gasteiger partial charge in [-0.05, 0) is 17.2 Å². The lowest BCUT2D eigenvalue weighted by Gasteiger charge is -2.09. The number of ether oxygens (including phenoxy) is 3. The number of hydrogen-bond acceptors (Lipinski definition) is 5. The van der Waals surface area contributed by atoms with Crippen molar-refractivity contribution in [2.75, 3.05) is 7.11 Å². The van der Waals surface area contributed by atoms with Crippen LogP contribution >= 0.6 is 0 Å². The van der Waals surface area contributed by atoms with Crippen LogP contribution in [0, 0.1) is 0 Å². The molecular formula is C17H16F2O5S. The molecule has 0 fully saturated rings. The summed E-state index contributed by atoms with van der Waals surface area (Å²) in [7, 11) is -2.01. The van der Waals surface area contributed by atoms with Crippen LogP contribution in [-0.4, -0.2) is 21.8 Å². The Morgan fingerprint density at radius 1 is 1.00 bits per heavy atom. The Labute approximate surface area is 144 Å². The van der Waals surface area contributed by atoms with Gasteiger partial charge < -0.3 is 14.2 Å². The highest BCUT2D eigenvalue weighted by Crippen LogP contribution is 2.43. The fraction of sp³-hybridized carbons (Fsp3) is 0.294. The van der Waals surface area contributed by atoms with Gasteiger partial charge in [-0.1, -0.05) is 36.4 Å². The molecule has 0 saturated heterocycles. The van der Waals surface area contributed by atoms with Crippen LogP contribution in [0.15, 0.2) is 42.5 Å². The first-order valence-corrected chi connectivity index (χ1v) is 9.25. The molecule has 8 heteroatoms. The van der Waals surface area contributed by atoms with E-state index in [0.29, 0.717) is 12.2 Å². The first kappa shape index (κ1) is 17.6. The molecule has 0 unspecified atom stereocenters. The lowest BCUT2D eigenvalue weighted by molar-refractivity contribution is -0.286. The molecule has 25 heavy (non-hydrogen) atoms. The van der Waals surface area contributed by atoms with Crippen LogP contribution in [0.25, 0.3) is 0 Å². The zero-order valence-electron chi connectivity index (χ0n) is 13.4. The van der Waals surface area contributed by atoms with Gasteiger partial charge in [0.1, 0.15) is 0 Å². The fourth-order valence-electron chi connectivity index (χ4n) is 2.58. The number of halogens is 2. The highest BCUT2D eigenvalue weighted by Gasteiger charge is 2.44. The maximum atomic E-state index is 13.2. The van der Waals surface area contributed by atoms with Crippen LogP contribution in [0.2, 0.25) is 0 Å². The molecule has 0 aromatic heterocycles. The van der Waals surface area contributed by atoms with E-state index >= 15 is 0 Å². The minimum atomic E-state index is -3.78. The molecule has 0 aliphatic carbocycles. The summed E-state index contributed by atoms with van der Waals surface area (Å²) >= 11 is 0. The van der Waals surface area contributed by atoms with Gasteiger partial charge in [-0.2, -0.15) is 0 Å². The summed E-state index contributed by atoms with van der Waals surface area (Å²) in [5.74, 6) is -1.02. The summed E-state index contributed by atoms with van der Waals surface area (Å²) in [6.07, 6.45) is -3.78. The van der Waals surface area contributed by atoms with Crippen molar-refractivity contribution in [3.8, 4) is 11.5 Å². The second-order valence-corrected chi connectivity index (χ2v) is 7.76. The van der Waals surface area contributed by atoms with Gasteiger partial charge in [-0.3, -0.25) is 0 Å². The molecule has 134 valence electrons. The largest absolute Gasteiger partial charge is 0.586 e. The van der Waals surface area contributed by atoms with Crippen LogP contribution in [0.3, 0.4) is 0 Å². The number of sulfone groups is 1. The Hall–Kier alpha value is -2.19. The molecule has 1 aliphatic rings. The molecular weight excluding hydrogens is 354 g/mol. The standard InChI is InChI=1S/C17H16F2O5S/c1-22-9-12-5-7-13(8-6-12)10-25(20,21)11-14-3-2-4-15-16(14)24-17(18,19)23-15/h2-8H,9-11H2,1H3. The van der Waals surface area contributed by atoms with E-state index in [-0.39, 0.29) is 22.8 Å². The minimum Gasteiger partial charge on any atom is -0.395 e. The second-order valence-electron chi connectivity index (χ2n) is 5.69. The molecule has 2 aromatic carbocycles. The van der Waals surface area contributed by atoms with Gasteiger partial charge in [-0.25, -0.2) is 8.42 Å². The van der Waals surface area contributed by atoms with E-state index in [1.54, 1.807) is 31.4 Å². The molecule has 2 aromatic rings. The van der Waals surface area contributed by atoms with Crippen LogP contribution in [0.5, 0.6) is 11.5 Å². The predicted octanol–water partition coefficient (Wildman–Crippen LogP) is 3.27. The molecule has 1 heterocycles. The molecule has 0 amide bonds. The monoisotopic (exact) mass is 370 g/mol. The number of methoxy groups -OCH3 is 1. The normalized spacial score (nSPS) is 15.3. The Bertz CT molecular complexity index is 863. The minimum absolute atomic E-state index is 0.144. The SMILES string of the molecule is COCc1ccc(CS(=O)(=O)Cc2cccc3c2OC(F)(F)O3)cc1. The van der Waals surface area contributed by atoms with Crippen LogP contribution in [0.4, 0.5) is 8.78 Å². The van der Waals surface area contributed by atoms with E-state index in [1.165, 1.54) is 18.2 Å². The second kappa shape index (κ2) is 6.61. The van der Waals surface area contributed by atoms with Gasteiger partial charge in [0.05, 0.1) is 18.1 Å². The maximum Gasteiger partial charge on any atom is 0.586 e. The van der Waals surface area contributed by atoms with Gasteiger partial charge >= 0.3 is 6.29 Å². The summed E-state index contributed by atoms with van der Waals surface area (Å²) in [6.45, 7) is 0.439. The van der Waals surface area contributed by atoms with Gasteiger partial charge in [0.25, 0.3) is 0 Å². The van der Waals surface area contributed by atoms with Crippen molar-refractivity contribution < 1.29 is 31.4 Å².